The van der Waals surface area contributed by atoms with Gasteiger partial charge in [0.05, 0.1) is 12.1 Å². The van der Waals surface area contributed by atoms with E-state index in [1.54, 1.807) is 0 Å². The van der Waals surface area contributed by atoms with E-state index in [9.17, 15) is 4.79 Å². The van der Waals surface area contributed by atoms with Crippen molar-refractivity contribution in [2.75, 3.05) is 26.2 Å². The number of piperazine rings is 1. The third-order valence-corrected chi connectivity index (χ3v) is 2.85. The first kappa shape index (κ1) is 12.0. The fourth-order valence-electron chi connectivity index (χ4n) is 1.78. The first-order valence-electron chi connectivity index (χ1n) is 5.48. The number of hydrogen-bond acceptors (Lipinski definition) is 3. The van der Waals surface area contributed by atoms with E-state index < -0.39 is 0 Å². The van der Waals surface area contributed by atoms with Gasteiger partial charge in [-0.25, -0.2) is 0 Å². The van der Waals surface area contributed by atoms with Crippen LogP contribution in [-0.2, 0) is 4.79 Å². The molecule has 0 aromatic rings. The SMILES string of the molecule is CC(C)C(=O)N1CCN([C@H](C)C#N)CC1. The van der Waals surface area contributed by atoms with Crippen LogP contribution in [0.4, 0.5) is 0 Å². The number of hydrogen-bond donors (Lipinski definition) is 0. The first-order valence-corrected chi connectivity index (χ1v) is 5.48. The molecule has 1 fully saturated rings. The fraction of sp³-hybridized carbons (Fsp3) is 0.818. The summed E-state index contributed by atoms with van der Waals surface area (Å²) in [6.45, 7) is 8.88. The summed E-state index contributed by atoms with van der Waals surface area (Å²) < 4.78 is 0. The van der Waals surface area contributed by atoms with Gasteiger partial charge in [-0.05, 0) is 6.92 Å². The van der Waals surface area contributed by atoms with Crippen LogP contribution in [0.3, 0.4) is 0 Å². The Morgan fingerprint density at radius 2 is 1.73 bits per heavy atom. The second-order valence-electron chi connectivity index (χ2n) is 4.32. The Labute approximate surface area is 91.5 Å². The molecule has 84 valence electrons. The molecule has 1 aliphatic rings. The van der Waals surface area contributed by atoms with Crippen LogP contribution in [0.15, 0.2) is 0 Å². The number of carbonyl (C=O) groups is 1. The van der Waals surface area contributed by atoms with Gasteiger partial charge in [-0.15, -0.1) is 0 Å². The highest BCUT2D eigenvalue weighted by atomic mass is 16.2. The van der Waals surface area contributed by atoms with Crippen molar-refractivity contribution in [2.24, 2.45) is 5.92 Å². The van der Waals surface area contributed by atoms with E-state index >= 15 is 0 Å². The molecule has 0 spiro atoms. The lowest BCUT2D eigenvalue weighted by Crippen LogP contribution is -2.51. The Bertz CT molecular complexity index is 261. The van der Waals surface area contributed by atoms with Gasteiger partial charge in [-0.1, -0.05) is 13.8 Å². The summed E-state index contributed by atoms with van der Waals surface area (Å²) in [4.78, 5) is 15.7. The van der Waals surface area contributed by atoms with Crippen LogP contribution >= 0.6 is 0 Å². The van der Waals surface area contributed by atoms with E-state index in [0.29, 0.717) is 0 Å². The molecule has 1 atom stereocenters. The Morgan fingerprint density at radius 3 is 2.13 bits per heavy atom. The van der Waals surface area contributed by atoms with E-state index in [0.717, 1.165) is 26.2 Å². The third kappa shape index (κ3) is 2.93. The van der Waals surface area contributed by atoms with Crippen molar-refractivity contribution in [2.45, 2.75) is 26.8 Å². The second kappa shape index (κ2) is 5.13. The van der Waals surface area contributed by atoms with Crippen molar-refractivity contribution in [3.8, 4) is 6.07 Å². The van der Waals surface area contributed by atoms with Gasteiger partial charge in [0.1, 0.15) is 0 Å². The normalized spacial score (nSPS) is 20.1. The molecule has 0 aliphatic carbocycles. The molecule has 0 aromatic carbocycles. The summed E-state index contributed by atoms with van der Waals surface area (Å²) in [5.41, 5.74) is 0. The molecule has 1 rings (SSSR count). The van der Waals surface area contributed by atoms with Gasteiger partial charge in [0.2, 0.25) is 5.91 Å². The van der Waals surface area contributed by atoms with Crippen LogP contribution in [-0.4, -0.2) is 47.9 Å². The zero-order valence-electron chi connectivity index (χ0n) is 9.73. The van der Waals surface area contributed by atoms with Crippen molar-refractivity contribution >= 4 is 5.91 Å². The van der Waals surface area contributed by atoms with Gasteiger partial charge in [0.15, 0.2) is 0 Å². The molecule has 4 nitrogen and oxygen atoms in total. The molecular weight excluding hydrogens is 190 g/mol. The minimum absolute atomic E-state index is 0.0405. The van der Waals surface area contributed by atoms with Crippen LogP contribution in [0.2, 0.25) is 0 Å². The number of carbonyl (C=O) groups excluding carboxylic acids is 1. The van der Waals surface area contributed by atoms with Crippen LogP contribution < -0.4 is 0 Å². The molecule has 4 heteroatoms. The molecule has 0 radical (unpaired) electrons. The number of amides is 1. The van der Waals surface area contributed by atoms with Gasteiger partial charge in [-0.2, -0.15) is 5.26 Å². The monoisotopic (exact) mass is 209 g/mol. The van der Waals surface area contributed by atoms with Crippen molar-refractivity contribution in [3.63, 3.8) is 0 Å². The van der Waals surface area contributed by atoms with Crippen molar-refractivity contribution < 1.29 is 4.79 Å². The molecule has 1 heterocycles. The molecule has 1 amide bonds. The van der Waals surface area contributed by atoms with Crippen molar-refractivity contribution in [1.82, 2.24) is 9.80 Å². The first-order chi connectivity index (χ1) is 7.06. The molecule has 15 heavy (non-hydrogen) atoms. The van der Waals surface area contributed by atoms with E-state index in [1.807, 2.05) is 25.7 Å². The van der Waals surface area contributed by atoms with Gasteiger partial charge in [0, 0.05) is 32.1 Å². The van der Waals surface area contributed by atoms with Crippen LogP contribution in [0.25, 0.3) is 0 Å². The maximum absolute atomic E-state index is 11.7. The van der Waals surface area contributed by atoms with Crippen LogP contribution in [0, 0.1) is 17.2 Å². The molecule has 0 saturated carbocycles. The predicted molar refractivity (Wildman–Crippen MR) is 58.1 cm³/mol. The fourth-order valence-corrected chi connectivity index (χ4v) is 1.78. The van der Waals surface area contributed by atoms with Gasteiger partial charge < -0.3 is 4.90 Å². The zero-order valence-corrected chi connectivity index (χ0v) is 9.73. The Balaban J connectivity index is 2.43. The third-order valence-electron chi connectivity index (χ3n) is 2.85. The Kier molecular flexibility index (Phi) is 4.10. The minimum atomic E-state index is -0.0405. The highest BCUT2D eigenvalue weighted by Crippen LogP contribution is 2.09. The minimum Gasteiger partial charge on any atom is -0.340 e. The van der Waals surface area contributed by atoms with Crippen LogP contribution in [0.5, 0.6) is 0 Å². The van der Waals surface area contributed by atoms with E-state index in [2.05, 4.69) is 11.0 Å². The lowest BCUT2D eigenvalue weighted by Gasteiger charge is -2.36. The Morgan fingerprint density at radius 1 is 1.20 bits per heavy atom. The topological polar surface area (TPSA) is 47.3 Å². The lowest BCUT2D eigenvalue weighted by molar-refractivity contribution is -0.136. The number of nitriles is 1. The largest absolute Gasteiger partial charge is 0.340 e. The van der Waals surface area contributed by atoms with Gasteiger partial charge in [0.25, 0.3) is 0 Å². The zero-order chi connectivity index (χ0) is 11.4. The van der Waals surface area contributed by atoms with E-state index in [-0.39, 0.29) is 17.9 Å². The summed E-state index contributed by atoms with van der Waals surface area (Å²) in [7, 11) is 0. The smallest absolute Gasteiger partial charge is 0.225 e. The summed E-state index contributed by atoms with van der Waals surface area (Å²) in [6.07, 6.45) is 0. The number of nitrogens with zero attached hydrogens (tertiary/aromatic N) is 3. The van der Waals surface area contributed by atoms with Gasteiger partial charge in [-0.3, -0.25) is 9.69 Å². The quantitative estimate of drug-likeness (QED) is 0.672. The molecule has 0 bridgehead atoms. The molecule has 1 aliphatic heterocycles. The molecule has 0 aromatic heterocycles. The number of rotatable bonds is 2. The van der Waals surface area contributed by atoms with E-state index in [1.165, 1.54) is 0 Å². The summed E-state index contributed by atoms with van der Waals surface area (Å²) in [6, 6.07) is 2.18. The molecule has 1 saturated heterocycles. The highest BCUT2D eigenvalue weighted by molar-refractivity contribution is 5.78. The highest BCUT2D eigenvalue weighted by Gasteiger charge is 2.24. The summed E-state index contributed by atoms with van der Waals surface area (Å²) >= 11 is 0. The van der Waals surface area contributed by atoms with Gasteiger partial charge >= 0.3 is 0 Å². The van der Waals surface area contributed by atoms with Crippen LogP contribution in [0.1, 0.15) is 20.8 Å². The Hall–Kier alpha value is -1.08. The molecule has 0 N–H and O–H groups in total. The van der Waals surface area contributed by atoms with E-state index in [4.69, 9.17) is 5.26 Å². The summed E-state index contributed by atoms with van der Waals surface area (Å²) in [5, 5.41) is 8.78. The average molecular weight is 209 g/mol. The van der Waals surface area contributed by atoms with Crippen molar-refractivity contribution in [3.05, 3.63) is 0 Å². The maximum Gasteiger partial charge on any atom is 0.225 e. The standard InChI is InChI=1S/C11H19N3O/c1-9(2)11(15)14-6-4-13(5-7-14)10(3)8-12/h9-10H,4-7H2,1-3H3/t10-/m1/s1. The second-order valence-corrected chi connectivity index (χ2v) is 4.32. The maximum atomic E-state index is 11.7. The molecule has 0 unspecified atom stereocenters. The molecular formula is C11H19N3O. The average Bonchev–Trinajstić information content (AvgIpc) is 2.27. The summed E-state index contributed by atoms with van der Waals surface area (Å²) in [5.74, 6) is 0.296. The predicted octanol–water partition coefficient (Wildman–Crippen LogP) is 0.699. The van der Waals surface area contributed by atoms with Crippen molar-refractivity contribution in [1.29, 1.82) is 5.26 Å². The lowest BCUT2D eigenvalue weighted by atomic mass is 10.1.